The third-order valence-corrected chi connectivity index (χ3v) is 3.32. The van der Waals surface area contributed by atoms with Crippen LogP contribution in [0.15, 0.2) is 4.99 Å². The Hall–Kier alpha value is -0.770. The van der Waals surface area contributed by atoms with Crippen LogP contribution in [0.3, 0.4) is 0 Å². The van der Waals surface area contributed by atoms with Crippen LogP contribution in [0.1, 0.15) is 33.1 Å². The summed E-state index contributed by atoms with van der Waals surface area (Å²) in [6.07, 6.45) is 3.75. The van der Waals surface area contributed by atoms with Crippen molar-refractivity contribution >= 4 is 5.96 Å². The molecule has 2 aliphatic rings. The van der Waals surface area contributed by atoms with Gasteiger partial charge in [-0.15, -0.1) is 0 Å². The summed E-state index contributed by atoms with van der Waals surface area (Å²) in [4.78, 5) is 4.31. The van der Waals surface area contributed by atoms with Gasteiger partial charge in [0.05, 0.1) is 12.6 Å². The van der Waals surface area contributed by atoms with E-state index in [2.05, 4.69) is 24.2 Å². The Kier molecular flexibility index (Phi) is 2.87. The predicted octanol–water partition coefficient (Wildman–Crippen LogP) is 0.868. The van der Waals surface area contributed by atoms with Gasteiger partial charge in [0.25, 0.3) is 0 Å². The molecule has 3 N–H and O–H groups in total. The highest BCUT2D eigenvalue weighted by Gasteiger charge is 2.45. The number of guanidine groups is 1. The molecule has 2 unspecified atom stereocenters. The number of nitrogens with two attached hydrogens (primary N) is 1. The zero-order valence-corrected chi connectivity index (χ0v) is 9.62. The summed E-state index contributed by atoms with van der Waals surface area (Å²) in [5, 5.41) is 3.24. The fourth-order valence-corrected chi connectivity index (χ4v) is 1.93. The van der Waals surface area contributed by atoms with E-state index in [1.165, 1.54) is 6.42 Å². The van der Waals surface area contributed by atoms with E-state index in [1.54, 1.807) is 0 Å². The van der Waals surface area contributed by atoms with Crippen LogP contribution in [-0.2, 0) is 4.74 Å². The molecule has 2 fully saturated rings. The molecule has 0 bridgehead atoms. The molecule has 1 heterocycles. The number of rotatable bonds is 3. The number of aliphatic imine (C=N–C) groups is 1. The number of ether oxygens (including phenoxy) is 1. The molecule has 4 heteroatoms. The summed E-state index contributed by atoms with van der Waals surface area (Å²) < 4.78 is 5.47. The average Bonchev–Trinajstić information content (AvgIpc) is 2.65. The Morgan fingerprint density at radius 2 is 2.33 bits per heavy atom. The fourth-order valence-electron chi connectivity index (χ4n) is 1.93. The molecular weight excluding hydrogens is 190 g/mol. The number of hydrogen-bond acceptors (Lipinski definition) is 2. The SMILES string of the molecule is CC1(C)CC1NC(N)=NCC1CCCO1. The molecule has 0 radical (unpaired) electrons. The summed E-state index contributed by atoms with van der Waals surface area (Å²) in [7, 11) is 0. The number of nitrogens with zero attached hydrogens (tertiary/aromatic N) is 1. The van der Waals surface area contributed by atoms with Crippen molar-refractivity contribution in [1.82, 2.24) is 5.32 Å². The van der Waals surface area contributed by atoms with E-state index in [1.807, 2.05) is 0 Å². The first-order chi connectivity index (χ1) is 7.08. The molecule has 0 spiro atoms. The summed E-state index contributed by atoms with van der Waals surface area (Å²) in [6, 6.07) is 0.505. The van der Waals surface area contributed by atoms with Crippen LogP contribution in [0.4, 0.5) is 0 Å². The van der Waals surface area contributed by atoms with Crippen LogP contribution in [0.25, 0.3) is 0 Å². The van der Waals surface area contributed by atoms with Gasteiger partial charge in [0.1, 0.15) is 0 Å². The lowest BCUT2D eigenvalue weighted by atomic mass is 10.2. The van der Waals surface area contributed by atoms with Crippen molar-refractivity contribution in [2.75, 3.05) is 13.2 Å². The quantitative estimate of drug-likeness (QED) is 0.538. The molecule has 0 aromatic rings. The van der Waals surface area contributed by atoms with Crippen LogP contribution in [0.2, 0.25) is 0 Å². The van der Waals surface area contributed by atoms with Crippen LogP contribution in [-0.4, -0.2) is 31.3 Å². The first-order valence-corrected chi connectivity index (χ1v) is 5.76. The highest BCUT2D eigenvalue weighted by molar-refractivity contribution is 5.78. The molecule has 0 aromatic heterocycles. The lowest BCUT2D eigenvalue weighted by Crippen LogP contribution is -2.36. The minimum Gasteiger partial charge on any atom is -0.376 e. The topological polar surface area (TPSA) is 59.6 Å². The molecule has 0 aromatic carbocycles. The second-order valence-corrected chi connectivity index (χ2v) is 5.25. The summed E-state index contributed by atoms with van der Waals surface area (Å²) in [5.74, 6) is 0.570. The zero-order valence-electron chi connectivity index (χ0n) is 9.62. The van der Waals surface area contributed by atoms with Crippen LogP contribution < -0.4 is 11.1 Å². The molecular formula is C11H21N3O. The van der Waals surface area contributed by atoms with E-state index in [0.29, 0.717) is 24.0 Å². The maximum absolute atomic E-state index is 5.80. The van der Waals surface area contributed by atoms with Crippen molar-refractivity contribution in [3.8, 4) is 0 Å². The highest BCUT2D eigenvalue weighted by atomic mass is 16.5. The Morgan fingerprint density at radius 3 is 2.87 bits per heavy atom. The minimum atomic E-state index is 0.289. The average molecular weight is 211 g/mol. The maximum Gasteiger partial charge on any atom is 0.188 e. The monoisotopic (exact) mass is 211 g/mol. The zero-order chi connectivity index (χ0) is 10.9. The molecule has 4 nitrogen and oxygen atoms in total. The fraction of sp³-hybridized carbons (Fsp3) is 0.909. The number of nitrogens with one attached hydrogen (secondary N) is 1. The van der Waals surface area contributed by atoms with Crippen LogP contribution in [0, 0.1) is 5.41 Å². The predicted molar refractivity (Wildman–Crippen MR) is 60.8 cm³/mol. The molecule has 1 aliphatic heterocycles. The van der Waals surface area contributed by atoms with Gasteiger partial charge < -0.3 is 15.8 Å². The van der Waals surface area contributed by atoms with Gasteiger partial charge in [0.2, 0.25) is 0 Å². The molecule has 2 rings (SSSR count). The van der Waals surface area contributed by atoms with Gasteiger partial charge in [0, 0.05) is 12.6 Å². The normalized spacial score (nSPS) is 34.1. The van der Waals surface area contributed by atoms with Crippen molar-refractivity contribution in [3.05, 3.63) is 0 Å². The van der Waals surface area contributed by atoms with Gasteiger partial charge in [-0.1, -0.05) is 13.8 Å². The molecule has 0 amide bonds. The highest BCUT2D eigenvalue weighted by Crippen LogP contribution is 2.44. The Balaban J connectivity index is 1.70. The van der Waals surface area contributed by atoms with Crippen molar-refractivity contribution in [2.24, 2.45) is 16.1 Å². The van der Waals surface area contributed by atoms with E-state index in [-0.39, 0.29) is 6.10 Å². The van der Waals surface area contributed by atoms with E-state index in [4.69, 9.17) is 10.5 Å². The van der Waals surface area contributed by atoms with Gasteiger partial charge in [-0.2, -0.15) is 0 Å². The van der Waals surface area contributed by atoms with E-state index < -0.39 is 0 Å². The summed E-state index contributed by atoms with van der Waals surface area (Å²) in [5.41, 5.74) is 6.19. The van der Waals surface area contributed by atoms with Crippen molar-refractivity contribution in [2.45, 2.75) is 45.3 Å². The first kappa shape index (κ1) is 10.7. The Bertz CT molecular complexity index is 257. The van der Waals surface area contributed by atoms with Crippen molar-refractivity contribution in [1.29, 1.82) is 0 Å². The minimum absolute atomic E-state index is 0.289. The largest absolute Gasteiger partial charge is 0.376 e. The van der Waals surface area contributed by atoms with Crippen LogP contribution >= 0.6 is 0 Å². The molecule has 2 atom stereocenters. The second kappa shape index (κ2) is 4.00. The molecule has 86 valence electrons. The van der Waals surface area contributed by atoms with Gasteiger partial charge >= 0.3 is 0 Å². The standard InChI is InChI=1S/C11H21N3O/c1-11(2)6-9(11)14-10(12)13-7-8-4-3-5-15-8/h8-9H,3-7H2,1-2H3,(H3,12,13,14). The molecule has 15 heavy (non-hydrogen) atoms. The lowest BCUT2D eigenvalue weighted by molar-refractivity contribution is 0.117. The molecule has 1 aliphatic carbocycles. The van der Waals surface area contributed by atoms with E-state index in [9.17, 15) is 0 Å². The Morgan fingerprint density at radius 1 is 1.60 bits per heavy atom. The molecule has 1 saturated heterocycles. The number of hydrogen-bond donors (Lipinski definition) is 2. The van der Waals surface area contributed by atoms with Gasteiger partial charge in [-0.3, -0.25) is 4.99 Å². The van der Waals surface area contributed by atoms with Crippen molar-refractivity contribution in [3.63, 3.8) is 0 Å². The van der Waals surface area contributed by atoms with E-state index >= 15 is 0 Å². The maximum atomic E-state index is 5.80. The van der Waals surface area contributed by atoms with Crippen molar-refractivity contribution < 1.29 is 4.74 Å². The summed E-state index contributed by atoms with van der Waals surface area (Å²) >= 11 is 0. The van der Waals surface area contributed by atoms with Gasteiger partial charge in [0.15, 0.2) is 5.96 Å². The summed E-state index contributed by atoms with van der Waals surface area (Å²) in [6.45, 7) is 6.05. The van der Waals surface area contributed by atoms with E-state index in [0.717, 1.165) is 19.4 Å². The second-order valence-electron chi connectivity index (χ2n) is 5.25. The van der Waals surface area contributed by atoms with Gasteiger partial charge in [-0.25, -0.2) is 0 Å². The Labute approximate surface area is 91.3 Å². The first-order valence-electron chi connectivity index (χ1n) is 5.76. The molecule has 1 saturated carbocycles. The third kappa shape index (κ3) is 2.84. The van der Waals surface area contributed by atoms with Gasteiger partial charge in [-0.05, 0) is 24.7 Å². The smallest absolute Gasteiger partial charge is 0.188 e. The van der Waals surface area contributed by atoms with Crippen LogP contribution in [0.5, 0.6) is 0 Å². The lowest BCUT2D eigenvalue weighted by Gasteiger charge is -2.09. The third-order valence-electron chi connectivity index (χ3n) is 3.32.